The second kappa shape index (κ2) is 9.62. The van der Waals surface area contributed by atoms with Crippen molar-refractivity contribution in [2.24, 2.45) is 0 Å². The van der Waals surface area contributed by atoms with E-state index in [0.29, 0.717) is 36.6 Å². The first kappa shape index (κ1) is 19.5. The van der Waals surface area contributed by atoms with Crippen LogP contribution in [0.15, 0.2) is 35.7 Å². The molecule has 3 rings (SSSR count). The molecule has 1 aromatic heterocycles. The molecule has 1 aromatic carbocycles. The van der Waals surface area contributed by atoms with E-state index in [1.807, 2.05) is 35.2 Å². The maximum atomic E-state index is 12.8. The highest BCUT2D eigenvalue weighted by Crippen LogP contribution is 2.24. The first-order valence-corrected chi connectivity index (χ1v) is 10.3. The zero-order valence-electron chi connectivity index (χ0n) is 15.3. The van der Waals surface area contributed by atoms with Crippen LogP contribution in [0.4, 0.5) is 5.13 Å². The average Bonchev–Trinajstić information content (AvgIpc) is 3.16. The van der Waals surface area contributed by atoms with Gasteiger partial charge in [0, 0.05) is 31.0 Å². The maximum absolute atomic E-state index is 12.8. The molecule has 0 saturated carbocycles. The van der Waals surface area contributed by atoms with E-state index in [-0.39, 0.29) is 24.5 Å². The number of likely N-dealkylation sites (tertiary alicyclic amines) is 1. The van der Waals surface area contributed by atoms with Crippen LogP contribution in [0.1, 0.15) is 48.2 Å². The number of amides is 2. The van der Waals surface area contributed by atoms with Gasteiger partial charge < -0.3 is 15.3 Å². The van der Waals surface area contributed by atoms with Gasteiger partial charge in [-0.15, -0.1) is 11.3 Å². The number of benzene rings is 1. The Morgan fingerprint density at radius 2 is 2.07 bits per heavy atom. The van der Waals surface area contributed by atoms with E-state index >= 15 is 0 Å². The van der Waals surface area contributed by atoms with E-state index in [4.69, 9.17) is 0 Å². The van der Waals surface area contributed by atoms with Crippen molar-refractivity contribution in [1.82, 2.24) is 9.88 Å². The third kappa shape index (κ3) is 5.37. The predicted molar refractivity (Wildman–Crippen MR) is 106 cm³/mol. The average molecular weight is 388 g/mol. The molecule has 1 aliphatic rings. The standard InChI is InChI=1S/C20H25N3O3S/c24-13-11-16-8-4-5-12-23(16)19(26)17-14-27-20(21-17)22-18(25)10-9-15-6-2-1-3-7-15/h1-3,6-7,14,16,24H,4-5,8-13H2,(H,21,22,25). The Kier molecular flexibility index (Phi) is 6.95. The lowest BCUT2D eigenvalue weighted by Gasteiger charge is -2.35. The van der Waals surface area contributed by atoms with Crippen LogP contribution in [-0.4, -0.2) is 46.0 Å². The number of hydrogen-bond donors (Lipinski definition) is 2. The zero-order valence-corrected chi connectivity index (χ0v) is 16.1. The molecular formula is C20H25N3O3S. The number of nitrogens with zero attached hydrogens (tertiary/aromatic N) is 2. The summed E-state index contributed by atoms with van der Waals surface area (Å²) in [5.41, 5.74) is 1.48. The molecule has 2 amide bonds. The minimum Gasteiger partial charge on any atom is -0.396 e. The van der Waals surface area contributed by atoms with Gasteiger partial charge in [0.25, 0.3) is 5.91 Å². The molecular weight excluding hydrogens is 362 g/mol. The van der Waals surface area contributed by atoms with Crippen molar-refractivity contribution in [2.45, 2.75) is 44.6 Å². The smallest absolute Gasteiger partial charge is 0.273 e. The number of nitrogens with one attached hydrogen (secondary N) is 1. The summed E-state index contributed by atoms with van der Waals surface area (Å²) in [5.74, 6) is -0.225. The van der Waals surface area contributed by atoms with Crippen molar-refractivity contribution in [2.75, 3.05) is 18.5 Å². The molecule has 1 aliphatic heterocycles. The van der Waals surface area contributed by atoms with Crippen LogP contribution in [0.5, 0.6) is 0 Å². The van der Waals surface area contributed by atoms with Crippen LogP contribution in [-0.2, 0) is 11.2 Å². The minimum absolute atomic E-state index is 0.0712. The molecule has 0 radical (unpaired) electrons. The second-order valence-corrected chi connectivity index (χ2v) is 7.59. The van der Waals surface area contributed by atoms with Crippen LogP contribution in [0.3, 0.4) is 0 Å². The van der Waals surface area contributed by atoms with Crippen LogP contribution < -0.4 is 5.32 Å². The first-order valence-electron chi connectivity index (χ1n) is 9.38. The van der Waals surface area contributed by atoms with Gasteiger partial charge in [-0.1, -0.05) is 30.3 Å². The van der Waals surface area contributed by atoms with E-state index in [9.17, 15) is 14.7 Å². The summed E-state index contributed by atoms with van der Waals surface area (Å²) in [6.07, 6.45) is 4.60. The van der Waals surface area contributed by atoms with Crippen molar-refractivity contribution in [3.8, 4) is 0 Å². The lowest BCUT2D eigenvalue weighted by Crippen LogP contribution is -2.44. The molecule has 7 heteroatoms. The van der Waals surface area contributed by atoms with E-state index in [2.05, 4.69) is 10.3 Å². The van der Waals surface area contributed by atoms with Crippen molar-refractivity contribution < 1.29 is 14.7 Å². The number of carbonyl (C=O) groups is 2. The highest BCUT2D eigenvalue weighted by Gasteiger charge is 2.28. The first-order chi connectivity index (χ1) is 13.2. The summed E-state index contributed by atoms with van der Waals surface area (Å²) in [4.78, 5) is 31.0. The van der Waals surface area contributed by atoms with E-state index in [1.165, 1.54) is 11.3 Å². The third-order valence-corrected chi connectivity index (χ3v) is 5.56. The number of rotatable bonds is 7. The molecule has 1 fully saturated rings. The molecule has 0 spiro atoms. The van der Waals surface area contributed by atoms with Crippen LogP contribution >= 0.6 is 11.3 Å². The molecule has 1 saturated heterocycles. The predicted octanol–water partition coefficient (Wildman–Crippen LogP) is 3.09. The lowest BCUT2D eigenvalue weighted by atomic mass is 9.99. The van der Waals surface area contributed by atoms with Crippen molar-refractivity contribution in [1.29, 1.82) is 0 Å². The summed E-state index contributed by atoms with van der Waals surface area (Å²) in [6.45, 7) is 0.772. The van der Waals surface area contributed by atoms with Gasteiger partial charge in [-0.05, 0) is 37.7 Å². The SMILES string of the molecule is O=C(CCc1ccccc1)Nc1nc(C(=O)N2CCCCC2CCO)cs1. The zero-order chi connectivity index (χ0) is 19.1. The van der Waals surface area contributed by atoms with Crippen LogP contribution in [0.25, 0.3) is 0 Å². The summed E-state index contributed by atoms with van der Waals surface area (Å²) < 4.78 is 0. The van der Waals surface area contributed by atoms with E-state index in [0.717, 1.165) is 24.8 Å². The van der Waals surface area contributed by atoms with Crippen molar-refractivity contribution in [3.63, 3.8) is 0 Å². The summed E-state index contributed by atoms with van der Waals surface area (Å²) >= 11 is 1.27. The molecule has 6 nitrogen and oxygen atoms in total. The summed E-state index contributed by atoms with van der Waals surface area (Å²) in [7, 11) is 0. The van der Waals surface area contributed by atoms with Gasteiger partial charge in [0.1, 0.15) is 5.69 Å². The Morgan fingerprint density at radius 3 is 2.85 bits per heavy atom. The Bertz CT molecular complexity index is 761. The van der Waals surface area contributed by atoms with E-state index < -0.39 is 0 Å². The summed E-state index contributed by atoms with van der Waals surface area (Å²) in [6, 6.07) is 9.92. The molecule has 1 unspecified atom stereocenters. The Hall–Kier alpha value is -2.25. The van der Waals surface area contributed by atoms with Gasteiger partial charge in [-0.2, -0.15) is 0 Å². The normalized spacial score (nSPS) is 16.9. The van der Waals surface area contributed by atoms with Crippen molar-refractivity contribution in [3.05, 3.63) is 47.0 Å². The number of hydrogen-bond acceptors (Lipinski definition) is 5. The number of aliphatic hydroxyl groups is 1. The number of carbonyl (C=O) groups excluding carboxylic acids is 2. The van der Waals surface area contributed by atoms with Crippen LogP contribution in [0.2, 0.25) is 0 Å². The molecule has 2 N–H and O–H groups in total. The topological polar surface area (TPSA) is 82.5 Å². The number of aromatic nitrogens is 1. The van der Waals surface area contributed by atoms with Gasteiger partial charge in [0.15, 0.2) is 5.13 Å². The number of aryl methyl sites for hydroxylation is 1. The number of piperidine rings is 1. The third-order valence-electron chi connectivity index (χ3n) is 4.80. The Morgan fingerprint density at radius 1 is 1.26 bits per heavy atom. The number of anilines is 1. The largest absolute Gasteiger partial charge is 0.396 e. The van der Waals surface area contributed by atoms with Gasteiger partial charge in [-0.3, -0.25) is 9.59 Å². The van der Waals surface area contributed by atoms with E-state index in [1.54, 1.807) is 5.38 Å². The maximum Gasteiger partial charge on any atom is 0.273 e. The minimum atomic E-state index is -0.116. The fourth-order valence-electron chi connectivity index (χ4n) is 3.38. The van der Waals surface area contributed by atoms with Crippen molar-refractivity contribution >= 4 is 28.3 Å². The molecule has 144 valence electrons. The molecule has 1 atom stereocenters. The van der Waals surface area contributed by atoms with Gasteiger partial charge in [-0.25, -0.2) is 4.98 Å². The highest BCUT2D eigenvalue weighted by atomic mass is 32.1. The number of thiazole rings is 1. The fraction of sp³-hybridized carbons (Fsp3) is 0.450. The summed E-state index contributed by atoms with van der Waals surface area (Å²) in [5, 5.41) is 14.2. The molecule has 0 aliphatic carbocycles. The Labute approximate surface area is 163 Å². The highest BCUT2D eigenvalue weighted by molar-refractivity contribution is 7.14. The molecule has 2 heterocycles. The van der Waals surface area contributed by atoms with Gasteiger partial charge in [0.05, 0.1) is 0 Å². The second-order valence-electron chi connectivity index (χ2n) is 6.73. The van der Waals surface area contributed by atoms with Gasteiger partial charge >= 0.3 is 0 Å². The van der Waals surface area contributed by atoms with Crippen LogP contribution in [0, 0.1) is 0 Å². The Balaban J connectivity index is 1.55. The molecule has 2 aromatic rings. The fourth-order valence-corrected chi connectivity index (χ4v) is 4.08. The lowest BCUT2D eigenvalue weighted by molar-refractivity contribution is -0.116. The molecule has 0 bridgehead atoms. The monoisotopic (exact) mass is 387 g/mol. The number of aliphatic hydroxyl groups excluding tert-OH is 1. The quantitative estimate of drug-likeness (QED) is 0.765. The molecule has 27 heavy (non-hydrogen) atoms. The van der Waals surface area contributed by atoms with Gasteiger partial charge in [0.2, 0.25) is 5.91 Å².